The molecule has 2 amide bonds. The van der Waals surface area contributed by atoms with Gasteiger partial charge in [0.25, 0.3) is 0 Å². The SMILES string of the molecule is CC(C)(C)OC(=O)NCc1ccc(C(F)(F)F)c(-c2ccc3nc(N4CCN(C(=O)OC(C)(C)C)CC4)c(Cl)cc3c2)c1. The van der Waals surface area contributed by atoms with Gasteiger partial charge in [0.1, 0.15) is 17.0 Å². The molecule has 0 unspecified atom stereocenters. The standard InChI is InChI=1S/C31H36ClF3N4O4/c1-29(2,3)42-27(40)36-18-19-7-9-23(31(33,34)35)22(15-19)20-8-10-25-21(16-20)17-24(32)26(37-25)38-11-13-39(14-12-38)28(41)43-30(4,5)6/h7-10,15-17H,11-14,18H2,1-6H3,(H,36,40). The van der Waals surface area contributed by atoms with Gasteiger partial charge in [0.05, 0.1) is 16.1 Å². The topological polar surface area (TPSA) is 84.0 Å². The van der Waals surface area contributed by atoms with Gasteiger partial charge >= 0.3 is 18.4 Å². The van der Waals surface area contributed by atoms with Crippen molar-refractivity contribution in [2.24, 2.45) is 0 Å². The van der Waals surface area contributed by atoms with E-state index in [0.29, 0.717) is 59.0 Å². The normalized spacial score (nSPS) is 14.6. The number of alkyl halides is 3. The van der Waals surface area contributed by atoms with Crippen LogP contribution in [0.25, 0.3) is 22.0 Å². The number of halogens is 4. The highest BCUT2D eigenvalue weighted by molar-refractivity contribution is 6.33. The van der Waals surface area contributed by atoms with E-state index in [4.69, 9.17) is 26.1 Å². The summed E-state index contributed by atoms with van der Waals surface area (Å²) in [5, 5.41) is 3.50. The fraction of sp³-hybridized carbons (Fsp3) is 0.452. The Kier molecular flexibility index (Phi) is 9.06. The molecule has 1 saturated heterocycles. The first-order valence-electron chi connectivity index (χ1n) is 13.9. The number of ether oxygens (including phenoxy) is 2. The van der Waals surface area contributed by atoms with Crippen molar-refractivity contribution in [2.75, 3.05) is 31.1 Å². The molecule has 1 fully saturated rings. The van der Waals surface area contributed by atoms with E-state index in [1.165, 1.54) is 12.1 Å². The number of nitrogens with one attached hydrogen (secondary N) is 1. The zero-order valence-corrected chi connectivity index (χ0v) is 25.8. The number of benzene rings is 2. The van der Waals surface area contributed by atoms with Crippen molar-refractivity contribution in [1.29, 1.82) is 0 Å². The van der Waals surface area contributed by atoms with E-state index in [1.807, 2.05) is 25.7 Å². The minimum atomic E-state index is -4.59. The molecule has 1 aliphatic heterocycles. The largest absolute Gasteiger partial charge is 0.444 e. The summed E-state index contributed by atoms with van der Waals surface area (Å²) in [5.74, 6) is 0.539. The van der Waals surface area contributed by atoms with Crippen molar-refractivity contribution in [1.82, 2.24) is 15.2 Å². The number of aromatic nitrogens is 1. The number of carbonyl (C=O) groups excluding carboxylic acids is 2. The number of pyridine rings is 1. The summed E-state index contributed by atoms with van der Waals surface area (Å²) < 4.78 is 52.7. The van der Waals surface area contributed by atoms with Gasteiger partial charge in [0.2, 0.25) is 0 Å². The van der Waals surface area contributed by atoms with Crippen LogP contribution in [-0.4, -0.2) is 59.5 Å². The van der Waals surface area contributed by atoms with Gasteiger partial charge in [-0.1, -0.05) is 23.7 Å². The molecule has 0 radical (unpaired) electrons. The van der Waals surface area contributed by atoms with Gasteiger partial charge < -0.3 is 24.6 Å². The van der Waals surface area contributed by atoms with Crippen LogP contribution in [0.2, 0.25) is 5.02 Å². The van der Waals surface area contributed by atoms with Crippen molar-refractivity contribution in [3.05, 3.63) is 58.6 Å². The molecule has 232 valence electrons. The van der Waals surface area contributed by atoms with Crippen molar-refractivity contribution in [3.63, 3.8) is 0 Å². The zero-order valence-electron chi connectivity index (χ0n) is 25.1. The molecule has 12 heteroatoms. The summed E-state index contributed by atoms with van der Waals surface area (Å²) in [4.78, 5) is 32.8. The third-order valence-corrected chi connectivity index (χ3v) is 6.79. The van der Waals surface area contributed by atoms with Crippen molar-refractivity contribution < 1.29 is 32.2 Å². The Morgan fingerprint density at radius 3 is 2.16 bits per heavy atom. The average molecular weight is 621 g/mol. The minimum Gasteiger partial charge on any atom is -0.444 e. The van der Waals surface area contributed by atoms with Gasteiger partial charge in [-0.15, -0.1) is 0 Å². The fourth-order valence-corrected chi connectivity index (χ4v) is 4.91. The monoisotopic (exact) mass is 620 g/mol. The molecule has 0 bridgehead atoms. The van der Waals surface area contributed by atoms with Gasteiger partial charge in [-0.25, -0.2) is 14.6 Å². The molecule has 0 aliphatic carbocycles. The number of hydrogen-bond donors (Lipinski definition) is 1. The van der Waals surface area contributed by atoms with Gasteiger partial charge in [0, 0.05) is 38.1 Å². The first-order valence-corrected chi connectivity index (χ1v) is 14.3. The molecule has 0 atom stereocenters. The van der Waals surface area contributed by atoms with E-state index >= 15 is 0 Å². The summed E-state index contributed by atoms with van der Waals surface area (Å²) in [5.41, 5.74) is -0.752. The van der Waals surface area contributed by atoms with Crippen LogP contribution in [0.4, 0.5) is 28.6 Å². The first-order chi connectivity index (χ1) is 19.9. The summed E-state index contributed by atoms with van der Waals surface area (Å²) in [6.45, 7) is 12.5. The Morgan fingerprint density at radius 2 is 1.56 bits per heavy atom. The van der Waals surface area contributed by atoms with Crippen molar-refractivity contribution in [2.45, 2.75) is 65.5 Å². The smallest absolute Gasteiger partial charge is 0.417 e. The van der Waals surface area contributed by atoms with E-state index in [2.05, 4.69) is 5.32 Å². The lowest BCUT2D eigenvalue weighted by molar-refractivity contribution is -0.137. The number of fused-ring (bicyclic) bond motifs is 1. The van der Waals surface area contributed by atoms with Crippen LogP contribution in [-0.2, 0) is 22.2 Å². The van der Waals surface area contributed by atoms with Gasteiger partial charge in [-0.2, -0.15) is 13.2 Å². The minimum absolute atomic E-state index is 0.00837. The lowest BCUT2D eigenvalue weighted by Crippen LogP contribution is -2.50. The average Bonchev–Trinajstić information content (AvgIpc) is 2.88. The van der Waals surface area contributed by atoms with E-state index in [-0.39, 0.29) is 18.2 Å². The second-order valence-corrected chi connectivity index (χ2v) is 12.8. The predicted octanol–water partition coefficient (Wildman–Crippen LogP) is 7.66. The highest BCUT2D eigenvalue weighted by Crippen LogP contribution is 2.39. The van der Waals surface area contributed by atoms with E-state index in [0.717, 1.165) is 6.07 Å². The highest BCUT2D eigenvalue weighted by Gasteiger charge is 2.34. The molecular weight excluding hydrogens is 585 g/mol. The van der Waals surface area contributed by atoms with E-state index in [9.17, 15) is 22.8 Å². The van der Waals surface area contributed by atoms with Crippen LogP contribution in [0.1, 0.15) is 52.7 Å². The lowest BCUT2D eigenvalue weighted by Gasteiger charge is -2.36. The summed E-state index contributed by atoms with van der Waals surface area (Å²) in [6.07, 6.45) is -5.63. The number of rotatable bonds is 4. The number of hydrogen-bond acceptors (Lipinski definition) is 6. The van der Waals surface area contributed by atoms with E-state index < -0.39 is 29.0 Å². The number of carbonyl (C=O) groups is 2. The second-order valence-electron chi connectivity index (χ2n) is 12.4. The van der Waals surface area contributed by atoms with Crippen molar-refractivity contribution >= 4 is 40.5 Å². The summed E-state index contributed by atoms with van der Waals surface area (Å²) >= 11 is 6.63. The molecule has 3 aromatic rings. The van der Waals surface area contributed by atoms with Gasteiger partial charge in [-0.3, -0.25) is 0 Å². The quantitative estimate of drug-likeness (QED) is 0.322. The van der Waals surface area contributed by atoms with Gasteiger partial charge in [0.15, 0.2) is 0 Å². The van der Waals surface area contributed by atoms with Crippen LogP contribution < -0.4 is 10.2 Å². The molecule has 1 aliphatic rings. The Morgan fingerprint density at radius 1 is 0.907 bits per heavy atom. The van der Waals surface area contributed by atoms with Crippen LogP contribution in [0, 0.1) is 0 Å². The van der Waals surface area contributed by atoms with Crippen LogP contribution in [0.15, 0.2) is 42.5 Å². The number of alkyl carbamates (subject to hydrolysis) is 1. The lowest BCUT2D eigenvalue weighted by atomic mass is 9.95. The molecule has 4 rings (SSSR count). The second kappa shape index (κ2) is 12.1. The Hall–Kier alpha value is -3.73. The first kappa shape index (κ1) is 32.2. The molecule has 1 aromatic heterocycles. The van der Waals surface area contributed by atoms with Crippen LogP contribution in [0.5, 0.6) is 0 Å². The third-order valence-electron chi connectivity index (χ3n) is 6.52. The van der Waals surface area contributed by atoms with Gasteiger partial charge in [-0.05, 0) is 88.6 Å². The molecule has 1 N–H and O–H groups in total. The summed E-state index contributed by atoms with van der Waals surface area (Å²) in [6, 6.07) is 10.3. The number of anilines is 1. The Balaban J connectivity index is 1.57. The maximum atomic E-state index is 14.0. The Labute approximate surface area is 254 Å². The maximum absolute atomic E-state index is 14.0. The van der Waals surface area contributed by atoms with Crippen LogP contribution >= 0.6 is 11.6 Å². The summed E-state index contributed by atoms with van der Waals surface area (Å²) in [7, 11) is 0. The number of nitrogens with zero attached hydrogens (tertiary/aromatic N) is 3. The molecule has 0 spiro atoms. The predicted molar refractivity (Wildman–Crippen MR) is 160 cm³/mol. The van der Waals surface area contributed by atoms with Crippen molar-refractivity contribution in [3.8, 4) is 11.1 Å². The molecule has 0 saturated carbocycles. The molecule has 2 aromatic carbocycles. The molecule has 8 nitrogen and oxygen atoms in total. The molecule has 43 heavy (non-hydrogen) atoms. The molecule has 2 heterocycles. The fourth-order valence-electron chi connectivity index (χ4n) is 4.63. The maximum Gasteiger partial charge on any atom is 0.417 e. The Bertz CT molecular complexity index is 1510. The third kappa shape index (κ3) is 8.43. The number of amides is 2. The van der Waals surface area contributed by atoms with E-state index in [1.54, 1.807) is 49.9 Å². The molecular formula is C31H36ClF3N4O4. The number of piperazine rings is 1. The zero-order chi connectivity index (χ0) is 31.7. The van der Waals surface area contributed by atoms with Crippen LogP contribution in [0.3, 0.4) is 0 Å². The highest BCUT2D eigenvalue weighted by atomic mass is 35.5.